The topological polar surface area (TPSA) is 87.5 Å². The van der Waals surface area contributed by atoms with Crippen LogP contribution in [0.2, 0.25) is 0 Å². The number of nitrogens with zero attached hydrogens (tertiary/aromatic N) is 3. The minimum atomic E-state index is -3.58. The average molecular weight is 274 g/mol. The third-order valence-corrected chi connectivity index (χ3v) is 4.88. The van der Waals surface area contributed by atoms with Crippen molar-refractivity contribution < 1.29 is 13.5 Å². The van der Waals surface area contributed by atoms with Crippen molar-refractivity contribution in [2.24, 2.45) is 7.05 Å². The van der Waals surface area contributed by atoms with Gasteiger partial charge in [-0.15, -0.1) is 0 Å². The van der Waals surface area contributed by atoms with Gasteiger partial charge in [0.1, 0.15) is 4.90 Å². The lowest BCUT2D eigenvalue weighted by molar-refractivity contribution is 0.0462. The van der Waals surface area contributed by atoms with Gasteiger partial charge in [0.25, 0.3) is 0 Å². The van der Waals surface area contributed by atoms with Gasteiger partial charge >= 0.3 is 0 Å². The Morgan fingerprint density at radius 3 is 2.89 bits per heavy atom. The number of β-amino-alcohol motifs (C(OH)–C–C–N with tert-alkyl or cyclic N) is 1. The van der Waals surface area contributed by atoms with Gasteiger partial charge in [-0.3, -0.25) is 4.68 Å². The fraction of sp³-hybridized carbons (Fsp3) is 0.700. The molecule has 1 fully saturated rings. The molecule has 1 aliphatic rings. The van der Waals surface area contributed by atoms with E-state index in [-0.39, 0.29) is 11.4 Å². The van der Waals surface area contributed by atoms with Crippen LogP contribution in [0, 0.1) is 0 Å². The van der Waals surface area contributed by atoms with E-state index >= 15 is 0 Å². The van der Waals surface area contributed by atoms with Crippen LogP contribution in [-0.4, -0.2) is 59.9 Å². The van der Waals surface area contributed by atoms with Crippen LogP contribution in [0.25, 0.3) is 0 Å². The fourth-order valence-corrected chi connectivity index (χ4v) is 3.31. The second-order valence-electron chi connectivity index (χ2n) is 4.76. The van der Waals surface area contributed by atoms with Crippen molar-refractivity contribution in [2.45, 2.75) is 16.9 Å². The Labute approximate surface area is 106 Å². The zero-order valence-corrected chi connectivity index (χ0v) is 11.3. The van der Waals surface area contributed by atoms with Crippen molar-refractivity contribution in [1.29, 1.82) is 0 Å². The predicted octanol–water partition coefficient (Wildman–Crippen LogP) is -1.23. The first-order chi connectivity index (χ1) is 8.33. The number of nitrogens with one attached hydrogen (secondary N) is 1. The molecule has 2 N–H and O–H groups in total. The molecule has 0 saturated carbocycles. The second-order valence-corrected chi connectivity index (χ2v) is 6.81. The number of aromatic nitrogens is 2. The molecule has 1 saturated heterocycles. The summed E-state index contributed by atoms with van der Waals surface area (Å²) in [5, 5.41) is 17.1. The van der Waals surface area contributed by atoms with E-state index in [2.05, 4.69) is 10.4 Å². The first kappa shape index (κ1) is 13.5. The first-order valence-corrected chi connectivity index (χ1v) is 7.16. The highest BCUT2D eigenvalue weighted by Gasteiger charge is 2.36. The summed E-state index contributed by atoms with van der Waals surface area (Å²) in [6.07, 6.45) is 3.31. The maximum atomic E-state index is 12.2. The van der Waals surface area contributed by atoms with Crippen LogP contribution >= 0.6 is 0 Å². The highest BCUT2D eigenvalue weighted by molar-refractivity contribution is 7.89. The van der Waals surface area contributed by atoms with Gasteiger partial charge in [0.15, 0.2) is 0 Å². The molecule has 102 valence electrons. The Balaban J connectivity index is 2.15. The molecule has 1 unspecified atom stereocenters. The van der Waals surface area contributed by atoms with E-state index in [1.54, 1.807) is 7.05 Å². The quantitative estimate of drug-likeness (QED) is 0.717. The third-order valence-electron chi connectivity index (χ3n) is 3.13. The number of hydrogen-bond donors (Lipinski definition) is 2. The summed E-state index contributed by atoms with van der Waals surface area (Å²) >= 11 is 0. The lowest BCUT2D eigenvalue weighted by Gasteiger charge is -2.27. The molecule has 2 rings (SSSR count). The zero-order chi connectivity index (χ0) is 13.4. The lowest BCUT2D eigenvalue weighted by Crippen LogP contribution is -2.45. The number of hydrogen-bond acceptors (Lipinski definition) is 5. The molecule has 0 aromatic carbocycles. The lowest BCUT2D eigenvalue weighted by atomic mass is 10.0. The monoisotopic (exact) mass is 274 g/mol. The van der Waals surface area contributed by atoms with E-state index in [0.717, 1.165) is 0 Å². The molecule has 0 bridgehead atoms. The molecular weight excluding hydrogens is 256 g/mol. The Kier molecular flexibility index (Phi) is 3.45. The van der Waals surface area contributed by atoms with E-state index in [9.17, 15) is 13.5 Å². The molecular formula is C10H18N4O3S. The van der Waals surface area contributed by atoms with Crippen LogP contribution in [-0.2, 0) is 17.1 Å². The van der Waals surface area contributed by atoms with Crippen molar-refractivity contribution in [3.63, 3.8) is 0 Å². The van der Waals surface area contributed by atoms with Gasteiger partial charge in [-0.05, 0) is 13.0 Å². The molecule has 1 aromatic heterocycles. The fourth-order valence-electron chi connectivity index (χ4n) is 2.08. The summed E-state index contributed by atoms with van der Waals surface area (Å²) in [5.74, 6) is 0. The number of sulfonamides is 1. The Hall–Kier alpha value is -0.960. The summed E-state index contributed by atoms with van der Waals surface area (Å²) in [5.41, 5.74) is -0.982. The van der Waals surface area contributed by atoms with Crippen molar-refractivity contribution in [3.8, 4) is 0 Å². The molecule has 1 atom stereocenters. The highest BCUT2D eigenvalue weighted by atomic mass is 32.2. The van der Waals surface area contributed by atoms with Crippen LogP contribution in [0.4, 0.5) is 0 Å². The summed E-state index contributed by atoms with van der Waals surface area (Å²) < 4.78 is 27.0. The normalized spacial score (nSPS) is 24.9. The molecule has 2 heterocycles. The molecule has 8 heteroatoms. The maximum absolute atomic E-state index is 12.2. The van der Waals surface area contributed by atoms with Crippen molar-refractivity contribution in [2.75, 3.05) is 26.7 Å². The van der Waals surface area contributed by atoms with Crippen LogP contribution < -0.4 is 5.32 Å². The molecule has 1 aliphatic heterocycles. The Morgan fingerprint density at radius 1 is 1.67 bits per heavy atom. The standard InChI is InChI=1S/C10H18N4O3S/c1-13-6-9(5-12-13)18(16,17)14(2)8-10(15)3-4-11-7-10/h5-6,11,15H,3-4,7-8H2,1-2H3. The van der Waals surface area contributed by atoms with Crippen LogP contribution in [0.5, 0.6) is 0 Å². The second kappa shape index (κ2) is 4.61. The summed E-state index contributed by atoms with van der Waals surface area (Å²) in [4.78, 5) is 0.141. The SMILES string of the molecule is CN(CC1(O)CCNC1)S(=O)(=O)c1cnn(C)c1. The smallest absolute Gasteiger partial charge is 0.246 e. The van der Waals surface area contributed by atoms with E-state index < -0.39 is 15.6 Å². The van der Waals surface area contributed by atoms with Crippen LogP contribution in [0.1, 0.15) is 6.42 Å². The molecule has 0 radical (unpaired) electrons. The summed E-state index contributed by atoms with van der Waals surface area (Å²) in [7, 11) is -0.451. The van der Waals surface area contributed by atoms with Gasteiger partial charge in [0, 0.05) is 33.4 Å². The molecule has 7 nitrogen and oxygen atoms in total. The van der Waals surface area contributed by atoms with E-state index in [0.29, 0.717) is 19.5 Å². The Bertz CT molecular complexity index is 519. The van der Waals surface area contributed by atoms with Gasteiger partial charge < -0.3 is 10.4 Å². The Morgan fingerprint density at radius 2 is 2.39 bits per heavy atom. The average Bonchev–Trinajstić information content (AvgIpc) is 2.87. The summed E-state index contributed by atoms with van der Waals surface area (Å²) in [6.45, 7) is 1.20. The summed E-state index contributed by atoms with van der Waals surface area (Å²) in [6, 6.07) is 0. The minimum absolute atomic E-state index is 0.0806. The minimum Gasteiger partial charge on any atom is -0.387 e. The van der Waals surface area contributed by atoms with Crippen molar-refractivity contribution in [3.05, 3.63) is 12.4 Å². The molecule has 0 amide bonds. The largest absolute Gasteiger partial charge is 0.387 e. The predicted molar refractivity (Wildman–Crippen MR) is 65.5 cm³/mol. The van der Waals surface area contributed by atoms with Gasteiger partial charge in [-0.2, -0.15) is 9.40 Å². The van der Waals surface area contributed by atoms with Gasteiger partial charge in [-0.1, -0.05) is 0 Å². The van der Waals surface area contributed by atoms with E-state index in [4.69, 9.17) is 0 Å². The highest BCUT2D eigenvalue weighted by Crippen LogP contribution is 2.20. The molecule has 18 heavy (non-hydrogen) atoms. The van der Waals surface area contributed by atoms with Gasteiger partial charge in [0.2, 0.25) is 10.0 Å². The maximum Gasteiger partial charge on any atom is 0.246 e. The number of aliphatic hydroxyl groups is 1. The number of aryl methyl sites for hydroxylation is 1. The van der Waals surface area contributed by atoms with Gasteiger partial charge in [-0.25, -0.2) is 8.42 Å². The zero-order valence-electron chi connectivity index (χ0n) is 10.5. The molecule has 1 aromatic rings. The third kappa shape index (κ3) is 2.56. The van der Waals surface area contributed by atoms with Crippen LogP contribution in [0.3, 0.4) is 0 Å². The molecule has 0 spiro atoms. The number of rotatable bonds is 4. The van der Waals surface area contributed by atoms with Crippen molar-refractivity contribution in [1.82, 2.24) is 19.4 Å². The van der Waals surface area contributed by atoms with Gasteiger partial charge in [0.05, 0.1) is 11.8 Å². The number of likely N-dealkylation sites (N-methyl/N-ethyl adjacent to an activating group) is 1. The van der Waals surface area contributed by atoms with Crippen molar-refractivity contribution >= 4 is 10.0 Å². The first-order valence-electron chi connectivity index (χ1n) is 5.72. The van der Waals surface area contributed by atoms with E-state index in [1.807, 2.05) is 0 Å². The van der Waals surface area contributed by atoms with E-state index in [1.165, 1.54) is 28.4 Å². The van der Waals surface area contributed by atoms with Crippen LogP contribution in [0.15, 0.2) is 17.3 Å². The molecule has 0 aliphatic carbocycles.